The highest BCUT2D eigenvalue weighted by atomic mass is 16.5. The Morgan fingerprint density at radius 1 is 1.22 bits per heavy atom. The molecule has 0 saturated heterocycles. The predicted octanol–water partition coefficient (Wildman–Crippen LogP) is 2.68. The third kappa shape index (κ3) is 4.31. The van der Waals surface area contributed by atoms with Gasteiger partial charge in [0.25, 0.3) is 0 Å². The molecular weight excluding hydrogens is 226 g/mol. The fraction of sp³-hybridized carbons (Fsp3) is 0.600. The lowest BCUT2D eigenvalue weighted by Crippen LogP contribution is -2.28. The van der Waals surface area contributed by atoms with Crippen molar-refractivity contribution < 1.29 is 9.84 Å². The van der Waals surface area contributed by atoms with E-state index in [0.29, 0.717) is 6.42 Å². The van der Waals surface area contributed by atoms with Gasteiger partial charge in [0.05, 0.1) is 6.61 Å². The molecule has 1 aromatic carbocycles. The van der Waals surface area contributed by atoms with Gasteiger partial charge in [-0.1, -0.05) is 26.0 Å². The van der Waals surface area contributed by atoms with Crippen molar-refractivity contribution >= 4 is 0 Å². The lowest BCUT2D eigenvalue weighted by Gasteiger charge is -2.22. The highest BCUT2D eigenvalue weighted by molar-refractivity contribution is 5.30. The summed E-state index contributed by atoms with van der Waals surface area (Å²) in [6, 6.07) is 8.18. The molecule has 3 heteroatoms. The molecule has 0 amide bonds. The van der Waals surface area contributed by atoms with Gasteiger partial charge < -0.3 is 15.6 Å². The van der Waals surface area contributed by atoms with Gasteiger partial charge in [-0.3, -0.25) is 0 Å². The van der Waals surface area contributed by atoms with Crippen LogP contribution in [0.1, 0.15) is 44.6 Å². The van der Waals surface area contributed by atoms with E-state index in [1.54, 1.807) is 0 Å². The van der Waals surface area contributed by atoms with E-state index in [-0.39, 0.29) is 18.6 Å². The summed E-state index contributed by atoms with van der Waals surface area (Å²) in [5.41, 5.74) is 7.29. The molecule has 1 aromatic rings. The number of ether oxygens (including phenoxy) is 1. The summed E-state index contributed by atoms with van der Waals surface area (Å²) >= 11 is 0. The number of hydrogen-bond donors (Lipinski definition) is 2. The molecule has 0 heterocycles. The number of rotatable bonds is 8. The predicted molar refractivity (Wildman–Crippen MR) is 74.9 cm³/mol. The maximum atomic E-state index is 9.13. The molecule has 0 aromatic heterocycles. The number of nitrogens with two attached hydrogens (primary N) is 1. The molecule has 1 rings (SSSR count). The summed E-state index contributed by atoms with van der Waals surface area (Å²) in [6.45, 7) is 5.08. The molecule has 2 atom stereocenters. The van der Waals surface area contributed by atoms with Crippen LogP contribution in [0.3, 0.4) is 0 Å². The van der Waals surface area contributed by atoms with Gasteiger partial charge in [-0.25, -0.2) is 0 Å². The van der Waals surface area contributed by atoms with E-state index >= 15 is 0 Å². The zero-order valence-corrected chi connectivity index (χ0v) is 11.4. The Kier molecular flexibility index (Phi) is 6.76. The van der Waals surface area contributed by atoms with Crippen LogP contribution in [0.4, 0.5) is 0 Å². The second-order valence-electron chi connectivity index (χ2n) is 4.61. The third-order valence-electron chi connectivity index (χ3n) is 3.21. The molecule has 0 aliphatic heterocycles. The monoisotopic (exact) mass is 251 g/mol. The van der Waals surface area contributed by atoms with Gasteiger partial charge >= 0.3 is 0 Å². The van der Waals surface area contributed by atoms with Crippen LogP contribution in [-0.4, -0.2) is 24.4 Å². The van der Waals surface area contributed by atoms with E-state index in [2.05, 4.69) is 26.0 Å². The molecule has 0 radical (unpaired) electrons. The maximum absolute atomic E-state index is 9.13. The molecule has 102 valence electrons. The standard InChI is InChI=1S/C15H25NO2/c1-3-11-18-13-7-5-12(6-8-13)14(9-10-17)15(16)4-2/h5-8,14-15,17H,3-4,9-11,16H2,1-2H3. The van der Waals surface area contributed by atoms with Crippen LogP contribution in [-0.2, 0) is 0 Å². The summed E-state index contributed by atoms with van der Waals surface area (Å²) < 4.78 is 5.56. The third-order valence-corrected chi connectivity index (χ3v) is 3.21. The van der Waals surface area contributed by atoms with Gasteiger partial charge in [-0.2, -0.15) is 0 Å². The summed E-state index contributed by atoms with van der Waals surface area (Å²) in [5.74, 6) is 1.12. The van der Waals surface area contributed by atoms with Gasteiger partial charge in [0.15, 0.2) is 0 Å². The van der Waals surface area contributed by atoms with Crippen LogP contribution >= 0.6 is 0 Å². The lowest BCUT2D eigenvalue weighted by atomic mass is 9.88. The van der Waals surface area contributed by atoms with E-state index in [9.17, 15) is 0 Å². The maximum Gasteiger partial charge on any atom is 0.119 e. The molecule has 0 spiro atoms. The van der Waals surface area contributed by atoms with Crippen LogP contribution in [0, 0.1) is 0 Å². The topological polar surface area (TPSA) is 55.5 Å². The molecule has 0 saturated carbocycles. The molecule has 3 N–H and O–H groups in total. The van der Waals surface area contributed by atoms with Gasteiger partial charge in [-0.05, 0) is 37.0 Å². The Balaban J connectivity index is 2.73. The summed E-state index contributed by atoms with van der Waals surface area (Å²) in [6.07, 6.45) is 2.64. The summed E-state index contributed by atoms with van der Waals surface area (Å²) in [4.78, 5) is 0. The lowest BCUT2D eigenvalue weighted by molar-refractivity contribution is 0.266. The minimum atomic E-state index is 0.0968. The highest BCUT2D eigenvalue weighted by Gasteiger charge is 2.17. The fourth-order valence-corrected chi connectivity index (χ4v) is 2.08. The van der Waals surface area contributed by atoms with Gasteiger partial charge in [0, 0.05) is 18.6 Å². The smallest absolute Gasteiger partial charge is 0.119 e. The molecule has 3 nitrogen and oxygen atoms in total. The first-order chi connectivity index (χ1) is 8.72. The minimum Gasteiger partial charge on any atom is -0.494 e. The molecular formula is C15H25NO2. The van der Waals surface area contributed by atoms with Crippen molar-refractivity contribution in [3.8, 4) is 5.75 Å². The fourth-order valence-electron chi connectivity index (χ4n) is 2.08. The molecule has 0 aliphatic rings. The highest BCUT2D eigenvalue weighted by Crippen LogP contribution is 2.25. The van der Waals surface area contributed by atoms with Crippen LogP contribution in [0.15, 0.2) is 24.3 Å². The second-order valence-corrected chi connectivity index (χ2v) is 4.61. The zero-order chi connectivity index (χ0) is 13.4. The van der Waals surface area contributed by atoms with E-state index in [1.165, 1.54) is 5.56 Å². The largest absolute Gasteiger partial charge is 0.494 e. The van der Waals surface area contributed by atoms with E-state index in [0.717, 1.165) is 25.2 Å². The Bertz CT molecular complexity index is 324. The average molecular weight is 251 g/mol. The Labute approximate surface area is 110 Å². The second kappa shape index (κ2) is 8.11. The van der Waals surface area contributed by atoms with Crippen molar-refractivity contribution in [3.05, 3.63) is 29.8 Å². The zero-order valence-electron chi connectivity index (χ0n) is 11.4. The number of hydrogen-bond acceptors (Lipinski definition) is 3. The molecule has 18 heavy (non-hydrogen) atoms. The molecule has 0 aliphatic carbocycles. The van der Waals surface area contributed by atoms with E-state index in [4.69, 9.17) is 15.6 Å². The van der Waals surface area contributed by atoms with Crippen molar-refractivity contribution in [1.82, 2.24) is 0 Å². The first kappa shape index (κ1) is 15.0. The quantitative estimate of drug-likeness (QED) is 0.747. The SMILES string of the molecule is CCCOc1ccc(C(CCO)C(N)CC)cc1. The molecule has 2 unspecified atom stereocenters. The van der Waals surface area contributed by atoms with Gasteiger partial charge in [-0.15, -0.1) is 0 Å². The molecule has 0 fully saturated rings. The first-order valence-electron chi connectivity index (χ1n) is 6.82. The van der Waals surface area contributed by atoms with Crippen LogP contribution in [0.5, 0.6) is 5.75 Å². The van der Waals surface area contributed by atoms with Crippen molar-refractivity contribution in [1.29, 1.82) is 0 Å². The minimum absolute atomic E-state index is 0.0968. The number of aliphatic hydroxyl groups is 1. The van der Waals surface area contributed by atoms with Crippen LogP contribution in [0.25, 0.3) is 0 Å². The number of benzene rings is 1. The Hall–Kier alpha value is -1.06. The normalized spacial score (nSPS) is 14.2. The molecule has 0 bridgehead atoms. The van der Waals surface area contributed by atoms with Crippen molar-refractivity contribution in [2.45, 2.75) is 45.1 Å². The Morgan fingerprint density at radius 2 is 1.89 bits per heavy atom. The average Bonchev–Trinajstić information content (AvgIpc) is 2.42. The van der Waals surface area contributed by atoms with Crippen LogP contribution in [0.2, 0.25) is 0 Å². The van der Waals surface area contributed by atoms with Crippen molar-refractivity contribution in [2.24, 2.45) is 5.73 Å². The van der Waals surface area contributed by atoms with E-state index in [1.807, 2.05) is 12.1 Å². The van der Waals surface area contributed by atoms with Crippen molar-refractivity contribution in [3.63, 3.8) is 0 Å². The summed E-state index contributed by atoms with van der Waals surface area (Å²) in [7, 11) is 0. The van der Waals surface area contributed by atoms with E-state index < -0.39 is 0 Å². The van der Waals surface area contributed by atoms with Crippen LogP contribution < -0.4 is 10.5 Å². The first-order valence-corrected chi connectivity index (χ1v) is 6.82. The summed E-state index contributed by atoms with van der Waals surface area (Å²) in [5, 5.41) is 9.13. The van der Waals surface area contributed by atoms with Gasteiger partial charge in [0.2, 0.25) is 0 Å². The van der Waals surface area contributed by atoms with Gasteiger partial charge in [0.1, 0.15) is 5.75 Å². The van der Waals surface area contributed by atoms with Crippen molar-refractivity contribution in [2.75, 3.05) is 13.2 Å². The Morgan fingerprint density at radius 3 is 2.39 bits per heavy atom. The number of aliphatic hydroxyl groups excluding tert-OH is 1.